The van der Waals surface area contributed by atoms with E-state index in [1.807, 2.05) is 0 Å². The largest absolute Gasteiger partial charge is 0.393 e. The van der Waals surface area contributed by atoms with E-state index in [-0.39, 0.29) is 0 Å². The Morgan fingerprint density at radius 1 is 1.36 bits per heavy atom. The van der Waals surface area contributed by atoms with Gasteiger partial charge in [0, 0.05) is 6.92 Å². The molecular formula is C5H5Cl3O3. The molecule has 0 N–H and O–H groups in total. The fraction of sp³-hybridized carbons (Fsp3) is 0.600. The van der Waals surface area contributed by atoms with Crippen LogP contribution in [-0.2, 0) is 14.3 Å². The third-order valence-electron chi connectivity index (χ3n) is 0.602. The first-order valence-electron chi connectivity index (χ1n) is 2.59. The van der Waals surface area contributed by atoms with Crippen LogP contribution in [0.5, 0.6) is 0 Å². The molecule has 0 saturated heterocycles. The first-order valence-corrected chi connectivity index (χ1v) is 3.72. The quantitative estimate of drug-likeness (QED) is 0.384. The maximum absolute atomic E-state index is 10.6. The Kier molecular flexibility index (Phi) is 4.14. The van der Waals surface area contributed by atoms with Gasteiger partial charge in [-0.2, -0.15) is 0 Å². The maximum Gasteiger partial charge on any atom is 0.317 e. The highest BCUT2D eigenvalue weighted by Crippen LogP contribution is 2.30. The van der Waals surface area contributed by atoms with Crippen LogP contribution in [0, 0.1) is 0 Å². The number of halogens is 3. The first kappa shape index (κ1) is 11.0. The predicted molar refractivity (Wildman–Crippen MR) is 41.7 cm³/mol. The number of hydrogen-bond acceptors (Lipinski definition) is 3. The first-order chi connectivity index (χ1) is 4.81. The van der Waals surface area contributed by atoms with Gasteiger partial charge in [0.2, 0.25) is 3.79 Å². The summed E-state index contributed by atoms with van der Waals surface area (Å²) in [5.74, 6) is -1.57. The van der Waals surface area contributed by atoms with E-state index >= 15 is 0 Å². The second kappa shape index (κ2) is 4.14. The predicted octanol–water partition coefficient (Wildman–Crippen LogP) is 1.84. The fourth-order valence-electron chi connectivity index (χ4n) is 0.360. The van der Waals surface area contributed by atoms with Crippen LogP contribution in [0.25, 0.3) is 0 Å². The zero-order valence-corrected chi connectivity index (χ0v) is 7.83. The molecule has 6 heteroatoms. The van der Waals surface area contributed by atoms with Crippen molar-refractivity contribution in [2.75, 3.05) is 0 Å². The van der Waals surface area contributed by atoms with Crippen LogP contribution in [-0.4, -0.2) is 15.7 Å². The van der Waals surface area contributed by atoms with E-state index in [2.05, 4.69) is 4.74 Å². The summed E-state index contributed by atoms with van der Waals surface area (Å²) in [6, 6.07) is 0. The number of carbonyl (C=O) groups is 2. The average molecular weight is 219 g/mol. The van der Waals surface area contributed by atoms with Gasteiger partial charge in [-0.05, 0) is 0 Å². The van der Waals surface area contributed by atoms with Crippen LogP contribution in [0.4, 0.5) is 0 Å². The van der Waals surface area contributed by atoms with Gasteiger partial charge in [-0.25, -0.2) is 0 Å². The molecule has 3 nitrogen and oxygen atoms in total. The maximum atomic E-state index is 10.6. The molecule has 0 aliphatic carbocycles. The van der Waals surface area contributed by atoms with E-state index in [0.717, 1.165) is 6.92 Å². The molecule has 0 saturated carbocycles. The van der Waals surface area contributed by atoms with Crippen molar-refractivity contribution in [3.63, 3.8) is 0 Å². The van der Waals surface area contributed by atoms with Gasteiger partial charge in [0.1, 0.15) is 0 Å². The highest BCUT2D eigenvalue weighted by molar-refractivity contribution is 6.68. The van der Waals surface area contributed by atoms with Crippen molar-refractivity contribution in [2.24, 2.45) is 0 Å². The van der Waals surface area contributed by atoms with Crippen molar-refractivity contribution in [2.45, 2.75) is 17.1 Å². The monoisotopic (exact) mass is 218 g/mol. The Balaban J connectivity index is 3.80. The van der Waals surface area contributed by atoms with Crippen LogP contribution < -0.4 is 0 Å². The van der Waals surface area contributed by atoms with E-state index in [1.165, 1.54) is 0 Å². The second-order valence-corrected chi connectivity index (χ2v) is 4.27. The fourth-order valence-corrected chi connectivity index (χ4v) is 0.687. The number of esters is 2. The Bertz CT molecular complexity index is 172. The third-order valence-corrected chi connectivity index (χ3v) is 1.00. The topological polar surface area (TPSA) is 43.4 Å². The van der Waals surface area contributed by atoms with Gasteiger partial charge in [-0.1, -0.05) is 34.8 Å². The summed E-state index contributed by atoms with van der Waals surface area (Å²) in [6.07, 6.45) is -0.433. The van der Waals surface area contributed by atoms with Gasteiger partial charge in [0.15, 0.2) is 0 Å². The highest BCUT2D eigenvalue weighted by atomic mass is 35.6. The van der Waals surface area contributed by atoms with E-state index in [9.17, 15) is 9.59 Å². The number of ether oxygens (including phenoxy) is 1. The van der Waals surface area contributed by atoms with Gasteiger partial charge in [0.05, 0.1) is 6.42 Å². The summed E-state index contributed by atoms with van der Waals surface area (Å²) in [5.41, 5.74) is 0. The highest BCUT2D eigenvalue weighted by Gasteiger charge is 2.25. The van der Waals surface area contributed by atoms with Crippen LogP contribution in [0.3, 0.4) is 0 Å². The molecule has 0 atom stereocenters. The lowest BCUT2D eigenvalue weighted by molar-refractivity contribution is -0.157. The lowest BCUT2D eigenvalue weighted by Crippen LogP contribution is -2.16. The minimum absolute atomic E-state index is 0.433. The zero-order chi connectivity index (χ0) is 9.07. The normalized spacial score (nSPS) is 10.9. The SMILES string of the molecule is CC(=O)OC(=O)CC(Cl)(Cl)Cl. The molecule has 0 aliphatic rings. The van der Waals surface area contributed by atoms with Crippen LogP contribution in [0.1, 0.15) is 13.3 Å². The van der Waals surface area contributed by atoms with Crippen molar-refractivity contribution in [3.8, 4) is 0 Å². The van der Waals surface area contributed by atoms with Gasteiger partial charge in [-0.15, -0.1) is 0 Å². The van der Waals surface area contributed by atoms with E-state index in [0.29, 0.717) is 0 Å². The number of hydrogen-bond donors (Lipinski definition) is 0. The lowest BCUT2D eigenvalue weighted by atomic mass is 10.5. The van der Waals surface area contributed by atoms with Gasteiger partial charge < -0.3 is 4.74 Å². The molecule has 0 radical (unpaired) electrons. The molecule has 0 unspecified atom stereocenters. The smallest absolute Gasteiger partial charge is 0.317 e. The molecular weight excluding hydrogens is 214 g/mol. The molecule has 0 fully saturated rings. The molecule has 0 heterocycles. The zero-order valence-electron chi connectivity index (χ0n) is 5.57. The number of rotatable bonds is 1. The molecule has 0 aromatic heterocycles. The second-order valence-electron chi connectivity index (χ2n) is 1.76. The van der Waals surface area contributed by atoms with Crippen molar-refractivity contribution in [3.05, 3.63) is 0 Å². The van der Waals surface area contributed by atoms with Crippen molar-refractivity contribution in [1.29, 1.82) is 0 Å². The molecule has 0 aromatic rings. The summed E-state index contributed by atoms with van der Waals surface area (Å²) < 4.78 is 2.39. The summed E-state index contributed by atoms with van der Waals surface area (Å²) in [4.78, 5) is 20.7. The van der Waals surface area contributed by atoms with E-state index < -0.39 is 22.2 Å². The molecule has 0 spiro atoms. The number of carbonyl (C=O) groups excluding carboxylic acids is 2. The van der Waals surface area contributed by atoms with E-state index in [4.69, 9.17) is 34.8 Å². The minimum Gasteiger partial charge on any atom is -0.393 e. The van der Waals surface area contributed by atoms with Crippen LogP contribution in [0.15, 0.2) is 0 Å². The Morgan fingerprint density at radius 2 is 1.82 bits per heavy atom. The number of alkyl halides is 3. The molecule has 0 aliphatic heterocycles. The summed E-state index contributed by atoms with van der Waals surface area (Å²) >= 11 is 15.7. The summed E-state index contributed by atoms with van der Waals surface area (Å²) in [7, 11) is 0. The molecule has 0 bridgehead atoms. The Hall–Kier alpha value is 0.01000. The van der Waals surface area contributed by atoms with Gasteiger partial charge >= 0.3 is 11.9 Å². The third kappa shape index (κ3) is 7.91. The lowest BCUT2D eigenvalue weighted by Gasteiger charge is -2.07. The molecule has 64 valence electrons. The summed E-state index contributed by atoms with van der Waals surface area (Å²) in [6.45, 7) is 1.09. The molecule has 0 aromatic carbocycles. The standard InChI is InChI=1S/C5H5Cl3O3/c1-3(9)11-4(10)2-5(6,7)8/h2H2,1H3. The molecule has 0 amide bonds. The Morgan fingerprint density at radius 3 is 2.09 bits per heavy atom. The Labute approximate surface area is 78.5 Å². The van der Waals surface area contributed by atoms with Crippen molar-refractivity contribution in [1.82, 2.24) is 0 Å². The van der Waals surface area contributed by atoms with E-state index in [1.54, 1.807) is 0 Å². The minimum atomic E-state index is -1.70. The van der Waals surface area contributed by atoms with Gasteiger partial charge in [0.25, 0.3) is 0 Å². The van der Waals surface area contributed by atoms with Crippen LogP contribution in [0.2, 0.25) is 0 Å². The van der Waals surface area contributed by atoms with Crippen LogP contribution >= 0.6 is 34.8 Å². The van der Waals surface area contributed by atoms with Gasteiger partial charge in [-0.3, -0.25) is 9.59 Å². The average Bonchev–Trinajstić information content (AvgIpc) is 1.53. The van der Waals surface area contributed by atoms with Crippen molar-refractivity contribution >= 4 is 46.7 Å². The van der Waals surface area contributed by atoms with Crippen molar-refractivity contribution < 1.29 is 14.3 Å². The molecule has 11 heavy (non-hydrogen) atoms. The molecule has 0 rings (SSSR count). The summed E-state index contributed by atoms with van der Waals surface area (Å²) in [5, 5.41) is 0.